The molecule has 5 heteroatoms. The minimum Gasteiger partial charge on any atom is -0.461 e. The second kappa shape index (κ2) is 13.3. The molecule has 2 nitrogen and oxygen atoms in total. The Morgan fingerprint density at radius 1 is 1.00 bits per heavy atom. The summed E-state index contributed by atoms with van der Waals surface area (Å²) in [5.74, 6) is -4.96. The molecule has 0 spiro atoms. The lowest BCUT2D eigenvalue weighted by Gasteiger charge is -2.13. The average molecular weight is 430 g/mol. The highest BCUT2D eigenvalue weighted by Gasteiger charge is 2.43. The van der Waals surface area contributed by atoms with Crippen molar-refractivity contribution in [2.45, 2.75) is 84.0 Å². The van der Waals surface area contributed by atoms with Crippen LogP contribution in [0.3, 0.4) is 0 Å². The van der Waals surface area contributed by atoms with Crippen LogP contribution in [0.1, 0.15) is 78.1 Å². The van der Waals surface area contributed by atoms with E-state index in [0.717, 1.165) is 19.3 Å². The lowest BCUT2D eigenvalue weighted by atomic mass is 10.1. The van der Waals surface area contributed by atoms with E-state index in [9.17, 15) is 13.6 Å². The molecular weight excluding hydrogens is 401 g/mol. The standard InChI is InChI=1S/C17H29F2IO2/c1-3-5-6-7-8-9-10-11-12-13-14-15(20)17(18,19)16(21)22-4-2/h14H,3-13H2,1-2H3. The Labute approximate surface area is 147 Å². The van der Waals surface area contributed by atoms with Gasteiger partial charge >= 0.3 is 11.9 Å². The van der Waals surface area contributed by atoms with Gasteiger partial charge in [-0.05, 0) is 42.4 Å². The Kier molecular flexibility index (Phi) is 13.1. The van der Waals surface area contributed by atoms with Crippen LogP contribution < -0.4 is 0 Å². The third-order valence-corrected chi connectivity index (χ3v) is 4.58. The summed E-state index contributed by atoms with van der Waals surface area (Å²) in [4.78, 5) is 11.2. The molecule has 0 unspecified atom stereocenters. The SMILES string of the molecule is CCCCCCCCCCCC=C(I)C(F)(F)C(=O)OCC. The van der Waals surface area contributed by atoms with Gasteiger partial charge in [0.05, 0.1) is 10.2 Å². The molecule has 0 heterocycles. The van der Waals surface area contributed by atoms with Gasteiger partial charge in [0.25, 0.3) is 0 Å². The number of carbonyl (C=O) groups is 1. The van der Waals surface area contributed by atoms with E-state index in [1.165, 1.54) is 74.1 Å². The Balaban J connectivity index is 3.77. The van der Waals surface area contributed by atoms with Gasteiger partial charge in [-0.1, -0.05) is 64.4 Å². The highest BCUT2D eigenvalue weighted by Crippen LogP contribution is 2.31. The van der Waals surface area contributed by atoms with Gasteiger partial charge in [0.1, 0.15) is 0 Å². The minimum atomic E-state index is -3.50. The van der Waals surface area contributed by atoms with Crippen LogP contribution >= 0.6 is 22.6 Å². The van der Waals surface area contributed by atoms with Crippen molar-refractivity contribution in [1.82, 2.24) is 0 Å². The molecule has 0 aromatic rings. The summed E-state index contributed by atoms with van der Waals surface area (Å²) in [7, 11) is 0. The van der Waals surface area contributed by atoms with E-state index < -0.39 is 11.9 Å². The van der Waals surface area contributed by atoms with Crippen molar-refractivity contribution in [2.24, 2.45) is 0 Å². The Morgan fingerprint density at radius 3 is 2.00 bits per heavy atom. The van der Waals surface area contributed by atoms with Crippen LogP contribution in [0, 0.1) is 0 Å². The average Bonchev–Trinajstić information content (AvgIpc) is 2.49. The zero-order valence-corrected chi connectivity index (χ0v) is 16.0. The molecule has 130 valence electrons. The first-order valence-corrected chi connectivity index (χ1v) is 9.45. The van der Waals surface area contributed by atoms with E-state index in [4.69, 9.17) is 0 Å². The smallest absolute Gasteiger partial charge is 0.382 e. The topological polar surface area (TPSA) is 26.3 Å². The third kappa shape index (κ3) is 9.74. The van der Waals surface area contributed by atoms with Gasteiger partial charge in [0, 0.05) is 0 Å². The lowest BCUT2D eigenvalue weighted by Crippen LogP contribution is -2.31. The summed E-state index contributed by atoms with van der Waals surface area (Å²) in [5, 5.41) is 0. The van der Waals surface area contributed by atoms with Crippen LogP contribution in [0.25, 0.3) is 0 Å². The Bertz CT molecular complexity index is 331. The molecule has 0 saturated carbocycles. The Morgan fingerprint density at radius 2 is 1.50 bits per heavy atom. The number of esters is 1. The van der Waals surface area contributed by atoms with E-state index in [-0.39, 0.29) is 10.2 Å². The second-order valence-corrected chi connectivity index (χ2v) is 6.63. The van der Waals surface area contributed by atoms with Crippen LogP contribution in [-0.4, -0.2) is 18.5 Å². The maximum absolute atomic E-state index is 13.6. The number of hydrogen-bond acceptors (Lipinski definition) is 2. The van der Waals surface area contributed by atoms with Crippen molar-refractivity contribution < 1.29 is 18.3 Å². The monoisotopic (exact) mass is 430 g/mol. The van der Waals surface area contributed by atoms with E-state index >= 15 is 0 Å². The van der Waals surface area contributed by atoms with Crippen molar-refractivity contribution in [2.75, 3.05) is 6.61 Å². The third-order valence-electron chi connectivity index (χ3n) is 3.46. The predicted molar refractivity (Wildman–Crippen MR) is 95.5 cm³/mol. The summed E-state index contributed by atoms with van der Waals surface area (Å²) in [6, 6.07) is 0. The fourth-order valence-electron chi connectivity index (χ4n) is 2.13. The molecule has 0 aliphatic carbocycles. The van der Waals surface area contributed by atoms with Crippen LogP contribution in [0.15, 0.2) is 9.66 Å². The largest absolute Gasteiger partial charge is 0.461 e. The summed E-state index contributed by atoms with van der Waals surface area (Å²) in [6.07, 6.45) is 12.8. The van der Waals surface area contributed by atoms with Crippen LogP contribution in [0.4, 0.5) is 8.78 Å². The zero-order chi connectivity index (χ0) is 16.8. The minimum absolute atomic E-state index is 0.0312. The summed E-state index contributed by atoms with van der Waals surface area (Å²) in [5.41, 5.74) is 0. The molecule has 0 radical (unpaired) electrons. The number of halogens is 3. The molecule has 0 atom stereocenters. The van der Waals surface area contributed by atoms with Crippen molar-refractivity contribution in [1.29, 1.82) is 0 Å². The van der Waals surface area contributed by atoms with Gasteiger partial charge in [-0.25, -0.2) is 4.79 Å². The molecule has 0 fully saturated rings. The van der Waals surface area contributed by atoms with Crippen LogP contribution in [0.2, 0.25) is 0 Å². The maximum Gasteiger partial charge on any atom is 0.382 e. The lowest BCUT2D eigenvalue weighted by molar-refractivity contribution is -0.164. The molecule has 0 amide bonds. The zero-order valence-electron chi connectivity index (χ0n) is 13.8. The highest BCUT2D eigenvalue weighted by molar-refractivity contribution is 14.1. The van der Waals surface area contributed by atoms with E-state index in [1.54, 1.807) is 0 Å². The normalized spacial score (nSPS) is 12.5. The van der Waals surface area contributed by atoms with Crippen molar-refractivity contribution in [3.63, 3.8) is 0 Å². The van der Waals surface area contributed by atoms with Gasteiger partial charge in [-0.2, -0.15) is 8.78 Å². The number of allylic oxidation sites excluding steroid dienone is 1. The molecule has 22 heavy (non-hydrogen) atoms. The quantitative estimate of drug-likeness (QED) is 0.191. The molecule has 0 aromatic heterocycles. The van der Waals surface area contributed by atoms with E-state index in [2.05, 4.69) is 11.7 Å². The van der Waals surface area contributed by atoms with Gasteiger partial charge in [-0.3, -0.25) is 0 Å². The number of hydrogen-bond donors (Lipinski definition) is 0. The predicted octanol–water partition coefficient (Wildman–Crippen LogP) is 6.42. The first kappa shape index (κ1) is 21.8. The van der Waals surface area contributed by atoms with Crippen molar-refractivity contribution in [3.05, 3.63) is 9.66 Å². The molecule has 0 aromatic carbocycles. The van der Waals surface area contributed by atoms with Gasteiger partial charge < -0.3 is 4.74 Å². The summed E-state index contributed by atoms with van der Waals surface area (Å²) >= 11 is 1.54. The molecule has 0 bridgehead atoms. The van der Waals surface area contributed by atoms with Gasteiger partial charge in [-0.15, -0.1) is 0 Å². The number of ether oxygens (including phenoxy) is 1. The fraction of sp³-hybridized carbons (Fsp3) is 0.824. The molecule has 0 aliphatic rings. The van der Waals surface area contributed by atoms with Crippen LogP contribution in [-0.2, 0) is 9.53 Å². The first-order chi connectivity index (χ1) is 10.5. The van der Waals surface area contributed by atoms with Crippen molar-refractivity contribution in [3.8, 4) is 0 Å². The maximum atomic E-state index is 13.6. The van der Waals surface area contributed by atoms with Crippen LogP contribution in [0.5, 0.6) is 0 Å². The summed E-state index contributed by atoms with van der Waals surface area (Å²) < 4.78 is 31.4. The number of rotatable bonds is 13. The van der Waals surface area contributed by atoms with Gasteiger partial charge in [0.2, 0.25) is 0 Å². The number of alkyl halides is 2. The fourth-order valence-corrected chi connectivity index (χ4v) is 2.66. The summed E-state index contributed by atoms with van der Waals surface area (Å²) in [6.45, 7) is 3.70. The van der Waals surface area contributed by atoms with E-state index in [1.807, 2.05) is 0 Å². The molecular formula is C17H29F2IO2. The molecule has 0 saturated heterocycles. The molecule has 0 rings (SSSR count). The van der Waals surface area contributed by atoms with Crippen molar-refractivity contribution >= 4 is 28.6 Å². The molecule has 0 aliphatic heterocycles. The first-order valence-electron chi connectivity index (χ1n) is 8.38. The highest BCUT2D eigenvalue weighted by atomic mass is 127. The molecule has 0 N–H and O–H groups in total. The van der Waals surface area contributed by atoms with Gasteiger partial charge in [0.15, 0.2) is 0 Å². The Hall–Kier alpha value is -0.200. The number of carbonyl (C=O) groups excluding carboxylic acids is 1. The van der Waals surface area contributed by atoms with E-state index in [0.29, 0.717) is 6.42 Å². The number of unbranched alkanes of at least 4 members (excludes halogenated alkanes) is 9. The second-order valence-electron chi connectivity index (χ2n) is 5.46.